The van der Waals surface area contributed by atoms with E-state index in [0.717, 1.165) is 0 Å². The topological polar surface area (TPSA) is 0 Å². The van der Waals surface area contributed by atoms with Gasteiger partial charge in [0.1, 0.15) is 8.80 Å². The standard InChI is InChI=1S/C16H19Si.Mo/c1-16(2,3)17(14-10-6-4-7-11-14)15-12-8-5-9-13-15;/h4-13H,1-3H3;. The monoisotopic (exact) mass is 337 g/mol. The van der Waals surface area contributed by atoms with Crippen LogP contribution in [0.2, 0.25) is 5.04 Å². The molecule has 0 saturated heterocycles. The molecule has 18 heavy (non-hydrogen) atoms. The van der Waals surface area contributed by atoms with E-state index >= 15 is 0 Å². The number of rotatable bonds is 2. The number of benzene rings is 2. The molecule has 0 aromatic heterocycles. The molecular formula is C16H19MoSi. The van der Waals surface area contributed by atoms with Crippen LogP contribution in [0, 0.1) is 0 Å². The smallest absolute Gasteiger partial charge is 0.0628 e. The third-order valence-electron chi connectivity index (χ3n) is 2.87. The van der Waals surface area contributed by atoms with E-state index in [1.54, 1.807) is 0 Å². The molecule has 0 amide bonds. The van der Waals surface area contributed by atoms with Crippen LogP contribution >= 0.6 is 0 Å². The summed E-state index contributed by atoms with van der Waals surface area (Å²) >= 11 is 0. The minimum atomic E-state index is -0.715. The maximum Gasteiger partial charge on any atom is 0.126 e. The van der Waals surface area contributed by atoms with Gasteiger partial charge in [0.2, 0.25) is 0 Å². The van der Waals surface area contributed by atoms with Gasteiger partial charge in [-0.3, -0.25) is 0 Å². The molecule has 1 radical (unpaired) electrons. The quantitative estimate of drug-likeness (QED) is 0.740. The fourth-order valence-electron chi connectivity index (χ4n) is 2.24. The van der Waals surface area contributed by atoms with Crippen LogP contribution in [-0.2, 0) is 21.1 Å². The molecule has 0 aliphatic heterocycles. The molecule has 2 aromatic carbocycles. The fourth-order valence-corrected chi connectivity index (χ4v) is 5.36. The van der Waals surface area contributed by atoms with E-state index in [4.69, 9.17) is 0 Å². The minimum Gasteiger partial charge on any atom is -0.0628 e. The van der Waals surface area contributed by atoms with E-state index in [-0.39, 0.29) is 21.1 Å². The van der Waals surface area contributed by atoms with E-state index in [1.165, 1.54) is 10.4 Å². The zero-order chi connectivity index (χ0) is 12.3. The Kier molecular flexibility index (Phi) is 5.56. The van der Waals surface area contributed by atoms with Crippen molar-refractivity contribution in [2.24, 2.45) is 0 Å². The third-order valence-corrected chi connectivity index (χ3v) is 6.20. The zero-order valence-electron chi connectivity index (χ0n) is 11.2. The molecule has 0 bridgehead atoms. The second-order valence-corrected chi connectivity index (χ2v) is 8.76. The van der Waals surface area contributed by atoms with E-state index in [2.05, 4.69) is 81.4 Å². The van der Waals surface area contributed by atoms with Crippen molar-refractivity contribution in [3.05, 3.63) is 60.7 Å². The first-order valence-corrected chi connectivity index (χ1v) is 7.57. The summed E-state index contributed by atoms with van der Waals surface area (Å²) < 4.78 is 0. The Morgan fingerprint density at radius 1 is 0.667 bits per heavy atom. The number of hydrogen-bond donors (Lipinski definition) is 0. The molecule has 0 fully saturated rings. The molecule has 0 aliphatic carbocycles. The van der Waals surface area contributed by atoms with Gasteiger partial charge in [-0.1, -0.05) is 91.8 Å². The molecule has 0 atom stereocenters. The van der Waals surface area contributed by atoms with Crippen molar-refractivity contribution in [1.29, 1.82) is 0 Å². The van der Waals surface area contributed by atoms with E-state index in [0.29, 0.717) is 5.04 Å². The first-order valence-electron chi connectivity index (χ1n) is 6.07. The molecule has 0 unspecified atom stereocenters. The van der Waals surface area contributed by atoms with Gasteiger partial charge in [-0.05, 0) is 5.04 Å². The molecule has 93 valence electrons. The largest absolute Gasteiger partial charge is 0.126 e. The molecule has 0 aliphatic rings. The minimum absolute atomic E-state index is 0. The maximum atomic E-state index is 2.35. The fraction of sp³-hybridized carbons (Fsp3) is 0.250. The van der Waals surface area contributed by atoms with Crippen LogP contribution in [0.25, 0.3) is 0 Å². The van der Waals surface area contributed by atoms with Gasteiger partial charge in [-0.15, -0.1) is 0 Å². The van der Waals surface area contributed by atoms with Crippen molar-refractivity contribution in [2.75, 3.05) is 0 Å². The summed E-state index contributed by atoms with van der Waals surface area (Å²) in [5.41, 5.74) is 0. The van der Waals surface area contributed by atoms with Crippen LogP contribution in [-0.4, -0.2) is 8.80 Å². The van der Waals surface area contributed by atoms with Crippen LogP contribution in [0.15, 0.2) is 60.7 Å². The van der Waals surface area contributed by atoms with Crippen molar-refractivity contribution < 1.29 is 21.1 Å². The van der Waals surface area contributed by atoms with Gasteiger partial charge >= 0.3 is 0 Å². The maximum absolute atomic E-state index is 2.35. The predicted molar refractivity (Wildman–Crippen MR) is 77.6 cm³/mol. The molecule has 0 N–H and O–H groups in total. The second kappa shape index (κ2) is 6.49. The van der Waals surface area contributed by atoms with Crippen LogP contribution in [0.5, 0.6) is 0 Å². The average Bonchev–Trinajstić information content (AvgIpc) is 2.30. The Bertz CT molecular complexity index is 420. The van der Waals surface area contributed by atoms with Crippen LogP contribution < -0.4 is 10.4 Å². The van der Waals surface area contributed by atoms with Crippen molar-refractivity contribution in [2.45, 2.75) is 25.8 Å². The zero-order valence-corrected chi connectivity index (χ0v) is 14.2. The van der Waals surface area contributed by atoms with E-state index in [1.807, 2.05) is 0 Å². The van der Waals surface area contributed by atoms with E-state index < -0.39 is 8.80 Å². The first-order chi connectivity index (χ1) is 8.09. The summed E-state index contributed by atoms with van der Waals surface area (Å²) in [6.07, 6.45) is 0. The van der Waals surface area contributed by atoms with Gasteiger partial charge in [0.05, 0.1) is 0 Å². The molecule has 0 nitrogen and oxygen atoms in total. The van der Waals surface area contributed by atoms with Gasteiger partial charge in [0, 0.05) is 21.1 Å². The summed E-state index contributed by atoms with van der Waals surface area (Å²) in [4.78, 5) is 0. The number of hydrogen-bond acceptors (Lipinski definition) is 0. The summed E-state index contributed by atoms with van der Waals surface area (Å²) in [6.45, 7) is 7.05. The summed E-state index contributed by atoms with van der Waals surface area (Å²) in [6, 6.07) is 21.9. The summed E-state index contributed by atoms with van der Waals surface area (Å²) in [5, 5.41) is 3.32. The van der Waals surface area contributed by atoms with E-state index in [9.17, 15) is 0 Å². The summed E-state index contributed by atoms with van der Waals surface area (Å²) in [7, 11) is -0.715. The van der Waals surface area contributed by atoms with Crippen molar-refractivity contribution in [3.8, 4) is 0 Å². The van der Waals surface area contributed by atoms with Gasteiger partial charge < -0.3 is 0 Å². The Morgan fingerprint density at radius 2 is 1.00 bits per heavy atom. The molecule has 0 saturated carbocycles. The first kappa shape index (κ1) is 15.4. The predicted octanol–water partition coefficient (Wildman–Crippen LogP) is 3.09. The second-order valence-electron chi connectivity index (χ2n) is 5.36. The molecule has 2 heteroatoms. The molecule has 2 aromatic rings. The Balaban J connectivity index is 0.00000162. The van der Waals surface area contributed by atoms with Crippen LogP contribution in [0.4, 0.5) is 0 Å². The van der Waals surface area contributed by atoms with Crippen molar-refractivity contribution >= 4 is 19.2 Å². The normalized spacial score (nSPS) is 11.1. The molecule has 0 spiro atoms. The average molecular weight is 335 g/mol. The Labute approximate surface area is 126 Å². The van der Waals surface area contributed by atoms with Gasteiger partial charge in [-0.2, -0.15) is 0 Å². The molecule has 0 heterocycles. The Morgan fingerprint density at radius 3 is 1.28 bits per heavy atom. The molecular weight excluding hydrogens is 316 g/mol. The Hall–Kier alpha value is -0.655. The van der Waals surface area contributed by atoms with Crippen molar-refractivity contribution in [1.82, 2.24) is 0 Å². The third kappa shape index (κ3) is 3.67. The van der Waals surface area contributed by atoms with Crippen LogP contribution in [0.3, 0.4) is 0 Å². The van der Waals surface area contributed by atoms with Crippen LogP contribution in [0.1, 0.15) is 20.8 Å². The van der Waals surface area contributed by atoms with Crippen molar-refractivity contribution in [3.63, 3.8) is 0 Å². The SMILES string of the molecule is CC(C)(C)[Si](c1ccccc1)c1ccccc1.[Mo]. The van der Waals surface area contributed by atoms with Gasteiger partial charge in [0.25, 0.3) is 0 Å². The molecule has 2 rings (SSSR count). The van der Waals surface area contributed by atoms with Gasteiger partial charge in [0.15, 0.2) is 0 Å². The summed E-state index contributed by atoms with van der Waals surface area (Å²) in [5.74, 6) is 0. The van der Waals surface area contributed by atoms with Gasteiger partial charge in [-0.25, -0.2) is 0 Å².